The Morgan fingerprint density at radius 2 is 2.31 bits per heavy atom. The Bertz CT molecular complexity index is 239. The molecule has 1 N–H and O–H groups in total. The predicted molar refractivity (Wildman–Crippen MR) is 58.1 cm³/mol. The maximum Gasteiger partial charge on any atom is 0.0693 e. The molecule has 0 aliphatic heterocycles. The molecule has 0 aliphatic rings. The van der Waals surface area contributed by atoms with E-state index in [2.05, 4.69) is 25.3 Å². The van der Waals surface area contributed by atoms with Gasteiger partial charge in [0.25, 0.3) is 0 Å². The first-order chi connectivity index (χ1) is 6.06. The van der Waals surface area contributed by atoms with Gasteiger partial charge >= 0.3 is 0 Å². The number of hydrogen-bond acceptors (Lipinski definition) is 2. The van der Waals surface area contributed by atoms with Crippen LogP contribution in [0, 0.1) is 5.92 Å². The molecule has 0 aliphatic carbocycles. The fourth-order valence-electron chi connectivity index (χ4n) is 1.38. The van der Waals surface area contributed by atoms with Gasteiger partial charge in [-0.25, -0.2) is 0 Å². The fraction of sp³-hybridized carbons (Fsp3) is 0.636. The summed E-state index contributed by atoms with van der Waals surface area (Å²) in [6, 6.07) is 4.12. The van der Waals surface area contributed by atoms with Crippen molar-refractivity contribution in [2.75, 3.05) is 0 Å². The average Bonchev–Trinajstić information content (AvgIpc) is 2.54. The van der Waals surface area contributed by atoms with Crippen LogP contribution >= 0.6 is 11.3 Å². The van der Waals surface area contributed by atoms with Crippen LogP contribution in [0.4, 0.5) is 0 Å². The number of aliphatic hydroxyl groups is 1. The van der Waals surface area contributed by atoms with Crippen LogP contribution in [0.25, 0.3) is 0 Å². The van der Waals surface area contributed by atoms with E-state index in [9.17, 15) is 5.11 Å². The van der Waals surface area contributed by atoms with Crippen molar-refractivity contribution in [3.8, 4) is 0 Å². The van der Waals surface area contributed by atoms with Crippen LogP contribution in [0.5, 0.6) is 0 Å². The minimum atomic E-state index is -0.556. The molecule has 2 atom stereocenters. The van der Waals surface area contributed by atoms with Gasteiger partial charge in [-0.2, -0.15) is 0 Å². The van der Waals surface area contributed by atoms with Crippen LogP contribution in [-0.4, -0.2) is 10.7 Å². The predicted octanol–water partition coefficient (Wildman–Crippen LogP) is 3.09. The Hall–Kier alpha value is -0.340. The quantitative estimate of drug-likeness (QED) is 0.788. The average molecular weight is 198 g/mol. The summed E-state index contributed by atoms with van der Waals surface area (Å²) in [6.07, 6.45) is 1.80. The van der Waals surface area contributed by atoms with Crippen molar-refractivity contribution in [3.63, 3.8) is 0 Å². The monoisotopic (exact) mass is 198 g/mol. The first kappa shape index (κ1) is 10.7. The van der Waals surface area contributed by atoms with Crippen LogP contribution in [0.2, 0.25) is 0 Å². The third-order valence-electron chi connectivity index (χ3n) is 2.79. The normalized spacial score (nSPS) is 18.2. The largest absolute Gasteiger partial charge is 0.390 e. The highest BCUT2D eigenvalue weighted by molar-refractivity contribution is 7.09. The molecule has 1 rings (SSSR count). The third kappa shape index (κ3) is 2.82. The lowest BCUT2D eigenvalue weighted by atomic mass is 9.85. The van der Waals surface area contributed by atoms with E-state index >= 15 is 0 Å². The molecule has 1 nitrogen and oxygen atoms in total. The summed E-state index contributed by atoms with van der Waals surface area (Å²) in [5.74, 6) is 0.356. The van der Waals surface area contributed by atoms with E-state index in [-0.39, 0.29) is 0 Å². The van der Waals surface area contributed by atoms with Crippen molar-refractivity contribution < 1.29 is 5.11 Å². The second kappa shape index (κ2) is 4.25. The molecular weight excluding hydrogens is 180 g/mol. The van der Waals surface area contributed by atoms with Gasteiger partial charge in [0.15, 0.2) is 0 Å². The van der Waals surface area contributed by atoms with Gasteiger partial charge in [-0.05, 0) is 24.3 Å². The summed E-state index contributed by atoms with van der Waals surface area (Å²) in [5.41, 5.74) is -0.556. The minimum absolute atomic E-state index is 0.356. The van der Waals surface area contributed by atoms with Crippen molar-refractivity contribution in [2.45, 2.75) is 39.2 Å². The van der Waals surface area contributed by atoms with Gasteiger partial charge in [-0.15, -0.1) is 11.3 Å². The molecule has 0 saturated heterocycles. The molecule has 0 saturated carbocycles. The molecule has 13 heavy (non-hydrogen) atoms. The van der Waals surface area contributed by atoms with Gasteiger partial charge in [0, 0.05) is 11.3 Å². The molecule has 0 radical (unpaired) electrons. The summed E-state index contributed by atoms with van der Waals surface area (Å²) < 4.78 is 0. The highest BCUT2D eigenvalue weighted by Gasteiger charge is 2.27. The van der Waals surface area contributed by atoms with Crippen molar-refractivity contribution in [1.29, 1.82) is 0 Å². The van der Waals surface area contributed by atoms with Gasteiger partial charge < -0.3 is 5.11 Å². The van der Waals surface area contributed by atoms with E-state index in [0.29, 0.717) is 5.92 Å². The van der Waals surface area contributed by atoms with E-state index < -0.39 is 5.60 Å². The van der Waals surface area contributed by atoms with Gasteiger partial charge in [-0.3, -0.25) is 0 Å². The van der Waals surface area contributed by atoms with Crippen molar-refractivity contribution in [1.82, 2.24) is 0 Å². The van der Waals surface area contributed by atoms with E-state index in [1.165, 1.54) is 4.88 Å². The lowest BCUT2D eigenvalue weighted by Gasteiger charge is -2.29. The molecule has 0 fully saturated rings. The standard InChI is InChI=1S/C11H18OS/c1-4-9(2)11(3,12)8-10-6-5-7-13-10/h5-7,9,12H,4,8H2,1-3H3. The van der Waals surface area contributed by atoms with Crippen LogP contribution in [-0.2, 0) is 6.42 Å². The second-order valence-corrected chi connectivity index (χ2v) is 4.95. The van der Waals surface area contributed by atoms with Crippen LogP contribution < -0.4 is 0 Å². The van der Waals surface area contributed by atoms with E-state index in [1.54, 1.807) is 11.3 Å². The van der Waals surface area contributed by atoms with Crippen molar-refractivity contribution in [3.05, 3.63) is 22.4 Å². The Labute approximate surface area is 84.4 Å². The fourth-order valence-corrected chi connectivity index (χ4v) is 2.24. The zero-order chi connectivity index (χ0) is 9.90. The first-order valence-corrected chi connectivity index (χ1v) is 5.69. The molecule has 0 amide bonds. The maximum atomic E-state index is 10.2. The second-order valence-electron chi connectivity index (χ2n) is 3.92. The van der Waals surface area contributed by atoms with E-state index in [1.807, 2.05) is 13.0 Å². The smallest absolute Gasteiger partial charge is 0.0693 e. The molecule has 1 heterocycles. The number of rotatable bonds is 4. The molecular formula is C11H18OS. The lowest BCUT2D eigenvalue weighted by Crippen LogP contribution is -2.34. The first-order valence-electron chi connectivity index (χ1n) is 4.81. The Kier molecular flexibility index (Phi) is 3.51. The number of thiophene rings is 1. The van der Waals surface area contributed by atoms with Crippen LogP contribution in [0.3, 0.4) is 0 Å². The summed E-state index contributed by atoms with van der Waals surface area (Å²) in [6.45, 7) is 6.15. The van der Waals surface area contributed by atoms with Crippen molar-refractivity contribution in [2.24, 2.45) is 5.92 Å². The summed E-state index contributed by atoms with van der Waals surface area (Å²) in [7, 11) is 0. The van der Waals surface area contributed by atoms with E-state index in [0.717, 1.165) is 12.8 Å². The molecule has 0 spiro atoms. The van der Waals surface area contributed by atoms with Crippen molar-refractivity contribution >= 4 is 11.3 Å². The Balaban J connectivity index is 2.61. The Morgan fingerprint density at radius 3 is 2.77 bits per heavy atom. The van der Waals surface area contributed by atoms with Gasteiger partial charge in [0.2, 0.25) is 0 Å². The molecule has 0 bridgehead atoms. The summed E-state index contributed by atoms with van der Waals surface area (Å²) >= 11 is 1.72. The van der Waals surface area contributed by atoms with Crippen LogP contribution in [0.15, 0.2) is 17.5 Å². The van der Waals surface area contributed by atoms with E-state index in [4.69, 9.17) is 0 Å². The minimum Gasteiger partial charge on any atom is -0.390 e. The molecule has 2 unspecified atom stereocenters. The Morgan fingerprint density at radius 1 is 1.62 bits per heavy atom. The lowest BCUT2D eigenvalue weighted by molar-refractivity contribution is 0.00588. The highest BCUT2D eigenvalue weighted by Crippen LogP contribution is 2.26. The SMILES string of the molecule is CCC(C)C(C)(O)Cc1cccs1. The number of hydrogen-bond donors (Lipinski definition) is 1. The molecule has 1 aromatic rings. The van der Waals surface area contributed by atoms with Crippen LogP contribution in [0.1, 0.15) is 32.1 Å². The topological polar surface area (TPSA) is 20.2 Å². The molecule has 1 aromatic heterocycles. The molecule has 74 valence electrons. The summed E-state index contributed by atoms with van der Waals surface area (Å²) in [5, 5.41) is 12.2. The summed E-state index contributed by atoms with van der Waals surface area (Å²) in [4.78, 5) is 1.27. The van der Waals surface area contributed by atoms with Gasteiger partial charge in [0.1, 0.15) is 0 Å². The molecule has 2 heteroatoms. The zero-order valence-corrected chi connectivity index (χ0v) is 9.40. The maximum absolute atomic E-state index is 10.2. The van der Waals surface area contributed by atoms with Gasteiger partial charge in [0.05, 0.1) is 5.60 Å². The highest BCUT2D eigenvalue weighted by atomic mass is 32.1. The third-order valence-corrected chi connectivity index (χ3v) is 3.66. The zero-order valence-electron chi connectivity index (χ0n) is 8.58. The molecule has 0 aromatic carbocycles. The van der Waals surface area contributed by atoms with Gasteiger partial charge in [-0.1, -0.05) is 26.3 Å².